The summed E-state index contributed by atoms with van der Waals surface area (Å²) in [5.41, 5.74) is 0.0390. The highest BCUT2D eigenvalue weighted by Gasteiger charge is 2.42. The molecule has 0 spiro atoms. The molecule has 0 aromatic heterocycles. The van der Waals surface area contributed by atoms with Crippen molar-refractivity contribution >= 4 is 11.9 Å². The molecule has 4 nitrogen and oxygen atoms in total. The zero-order chi connectivity index (χ0) is 13.8. The number of rotatable bonds is 4. The van der Waals surface area contributed by atoms with Crippen molar-refractivity contribution in [2.45, 2.75) is 18.6 Å². The Morgan fingerprint density at radius 1 is 1.22 bits per heavy atom. The fourth-order valence-electron chi connectivity index (χ4n) is 1.25. The molecule has 0 heterocycles. The van der Waals surface area contributed by atoms with Gasteiger partial charge < -0.3 is 10.4 Å². The lowest BCUT2D eigenvalue weighted by molar-refractivity contribution is -0.165. The maximum Gasteiger partial charge on any atom is 0.409 e. The van der Waals surface area contributed by atoms with E-state index in [4.69, 9.17) is 5.11 Å². The third-order valence-electron chi connectivity index (χ3n) is 2.12. The first kappa shape index (κ1) is 14.0. The molecule has 1 atom stereocenters. The molecule has 2 N–H and O–H groups in total. The standard InChI is InChI=1S/C11H10F3NO3/c12-11(13,14)8(6-9(16)17)15-10(18)7-4-2-1-3-5-7/h1-5,8H,6H2,(H,15,18)(H,16,17)/t8-/m1/s1. The van der Waals surface area contributed by atoms with Crippen LogP contribution in [-0.4, -0.2) is 29.2 Å². The van der Waals surface area contributed by atoms with Crippen molar-refractivity contribution in [1.29, 1.82) is 0 Å². The first-order valence-corrected chi connectivity index (χ1v) is 4.95. The molecule has 0 radical (unpaired) electrons. The number of benzene rings is 1. The Bertz CT molecular complexity index is 431. The van der Waals surface area contributed by atoms with Crippen molar-refractivity contribution in [3.8, 4) is 0 Å². The van der Waals surface area contributed by atoms with Gasteiger partial charge in [0.25, 0.3) is 5.91 Å². The topological polar surface area (TPSA) is 66.4 Å². The second kappa shape index (κ2) is 5.52. The van der Waals surface area contributed by atoms with Gasteiger partial charge in [0, 0.05) is 5.56 Å². The molecule has 0 saturated carbocycles. The van der Waals surface area contributed by atoms with E-state index < -0.39 is 30.5 Å². The Labute approximate surface area is 100 Å². The minimum atomic E-state index is -4.80. The molecule has 1 rings (SSSR count). The molecule has 0 aliphatic carbocycles. The lowest BCUT2D eigenvalue weighted by Crippen LogP contribution is -2.46. The highest BCUT2D eigenvalue weighted by molar-refractivity contribution is 5.94. The van der Waals surface area contributed by atoms with Crippen LogP contribution in [0.1, 0.15) is 16.8 Å². The second-order valence-electron chi connectivity index (χ2n) is 3.53. The van der Waals surface area contributed by atoms with Crippen molar-refractivity contribution < 1.29 is 27.9 Å². The normalized spacial score (nSPS) is 12.8. The Kier molecular flexibility index (Phi) is 4.30. The number of aliphatic carboxylic acids is 1. The van der Waals surface area contributed by atoms with Gasteiger partial charge in [-0.1, -0.05) is 18.2 Å². The summed E-state index contributed by atoms with van der Waals surface area (Å²) in [4.78, 5) is 21.8. The number of hydrogen-bond donors (Lipinski definition) is 2. The summed E-state index contributed by atoms with van der Waals surface area (Å²) >= 11 is 0. The average molecular weight is 261 g/mol. The summed E-state index contributed by atoms with van der Waals surface area (Å²) in [5, 5.41) is 10.0. The Morgan fingerprint density at radius 2 is 1.78 bits per heavy atom. The zero-order valence-corrected chi connectivity index (χ0v) is 9.07. The predicted molar refractivity (Wildman–Crippen MR) is 56.0 cm³/mol. The molecule has 0 saturated heterocycles. The van der Waals surface area contributed by atoms with Crippen molar-refractivity contribution in [3.63, 3.8) is 0 Å². The van der Waals surface area contributed by atoms with Crippen LogP contribution >= 0.6 is 0 Å². The van der Waals surface area contributed by atoms with Crippen molar-refractivity contribution in [1.82, 2.24) is 5.32 Å². The zero-order valence-electron chi connectivity index (χ0n) is 9.07. The average Bonchev–Trinajstić information content (AvgIpc) is 2.27. The fraction of sp³-hybridized carbons (Fsp3) is 0.273. The first-order chi connectivity index (χ1) is 8.30. The minimum absolute atomic E-state index is 0.0390. The highest BCUT2D eigenvalue weighted by Crippen LogP contribution is 2.22. The number of nitrogens with one attached hydrogen (secondary N) is 1. The molecule has 1 aromatic rings. The predicted octanol–water partition coefficient (Wildman–Crippen LogP) is 1.82. The van der Waals surface area contributed by atoms with E-state index >= 15 is 0 Å². The maximum absolute atomic E-state index is 12.5. The van der Waals surface area contributed by atoms with Crippen molar-refractivity contribution in [2.75, 3.05) is 0 Å². The van der Waals surface area contributed by atoms with E-state index in [0.29, 0.717) is 0 Å². The summed E-state index contributed by atoms with van der Waals surface area (Å²) in [5.74, 6) is -2.59. The molecule has 7 heteroatoms. The summed E-state index contributed by atoms with van der Waals surface area (Å²) in [6.07, 6.45) is -6.01. The van der Waals surface area contributed by atoms with E-state index in [1.807, 2.05) is 0 Å². The molecule has 18 heavy (non-hydrogen) atoms. The van der Waals surface area contributed by atoms with Gasteiger partial charge in [0.2, 0.25) is 0 Å². The Hall–Kier alpha value is -2.05. The van der Waals surface area contributed by atoms with Gasteiger partial charge in [-0.3, -0.25) is 9.59 Å². The molecular formula is C11H10F3NO3. The molecule has 98 valence electrons. The van der Waals surface area contributed by atoms with Gasteiger partial charge in [0.15, 0.2) is 0 Å². The third kappa shape index (κ3) is 4.08. The maximum atomic E-state index is 12.5. The molecular weight excluding hydrogens is 251 g/mol. The Morgan fingerprint density at radius 3 is 2.22 bits per heavy atom. The van der Waals surface area contributed by atoms with Crippen LogP contribution < -0.4 is 5.32 Å². The lowest BCUT2D eigenvalue weighted by atomic mass is 10.1. The third-order valence-corrected chi connectivity index (χ3v) is 2.12. The molecule has 1 aromatic carbocycles. The number of carboxylic acid groups (broad SMARTS) is 1. The van der Waals surface area contributed by atoms with E-state index in [-0.39, 0.29) is 5.56 Å². The van der Waals surface area contributed by atoms with Crippen molar-refractivity contribution in [3.05, 3.63) is 35.9 Å². The molecule has 1 amide bonds. The number of carbonyl (C=O) groups is 2. The van der Waals surface area contributed by atoms with Crippen LogP contribution in [0.3, 0.4) is 0 Å². The van der Waals surface area contributed by atoms with E-state index in [9.17, 15) is 22.8 Å². The molecule has 0 bridgehead atoms. The Balaban J connectivity index is 2.78. The van der Waals surface area contributed by atoms with Crippen LogP contribution in [0.4, 0.5) is 13.2 Å². The molecule has 0 fully saturated rings. The van der Waals surface area contributed by atoms with Gasteiger partial charge in [-0.25, -0.2) is 0 Å². The largest absolute Gasteiger partial charge is 0.481 e. The van der Waals surface area contributed by atoms with E-state index in [1.54, 1.807) is 11.4 Å². The van der Waals surface area contributed by atoms with Gasteiger partial charge in [0.05, 0.1) is 6.42 Å². The number of hydrogen-bond acceptors (Lipinski definition) is 2. The first-order valence-electron chi connectivity index (χ1n) is 4.95. The lowest BCUT2D eigenvalue weighted by Gasteiger charge is -2.19. The molecule has 0 unspecified atom stereocenters. The van der Waals surface area contributed by atoms with Gasteiger partial charge >= 0.3 is 12.1 Å². The van der Waals surface area contributed by atoms with Gasteiger partial charge in [-0.15, -0.1) is 0 Å². The van der Waals surface area contributed by atoms with Crippen LogP contribution in [-0.2, 0) is 4.79 Å². The smallest absolute Gasteiger partial charge is 0.409 e. The summed E-state index contributed by atoms with van der Waals surface area (Å²) < 4.78 is 37.4. The molecule has 0 aliphatic rings. The molecule has 0 aliphatic heterocycles. The van der Waals surface area contributed by atoms with E-state index in [1.165, 1.54) is 24.3 Å². The minimum Gasteiger partial charge on any atom is -0.481 e. The van der Waals surface area contributed by atoms with E-state index in [0.717, 1.165) is 0 Å². The van der Waals surface area contributed by atoms with Crippen LogP contribution in [0, 0.1) is 0 Å². The van der Waals surface area contributed by atoms with Crippen LogP contribution in [0.2, 0.25) is 0 Å². The van der Waals surface area contributed by atoms with E-state index in [2.05, 4.69) is 0 Å². The summed E-state index contributed by atoms with van der Waals surface area (Å²) in [6, 6.07) is 4.87. The van der Waals surface area contributed by atoms with Crippen LogP contribution in [0.5, 0.6) is 0 Å². The second-order valence-corrected chi connectivity index (χ2v) is 3.53. The number of halogens is 3. The van der Waals surface area contributed by atoms with Crippen LogP contribution in [0.15, 0.2) is 30.3 Å². The monoisotopic (exact) mass is 261 g/mol. The van der Waals surface area contributed by atoms with Crippen molar-refractivity contribution in [2.24, 2.45) is 0 Å². The number of amides is 1. The number of alkyl halides is 3. The fourth-order valence-corrected chi connectivity index (χ4v) is 1.25. The van der Waals surface area contributed by atoms with Gasteiger partial charge in [0.1, 0.15) is 6.04 Å². The SMILES string of the molecule is O=C(O)C[C@@H](NC(=O)c1ccccc1)C(F)(F)F. The number of carboxylic acids is 1. The summed E-state index contributed by atoms with van der Waals surface area (Å²) in [7, 11) is 0. The summed E-state index contributed by atoms with van der Waals surface area (Å²) in [6.45, 7) is 0. The van der Waals surface area contributed by atoms with Gasteiger partial charge in [-0.05, 0) is 12.1 Å². The van der Waals surface area contributed by atoms with Gasteiger partial charge in [-0.2, -0.15) is 13.2 Å². The van der Waals surface area contributed by atoms with Crippen LogP contribution in [0.25, 0.3) is 0 Å². The highest BCUT2D eigenvalue weighted by atomic mass is 19.4. The number of carbonyl (C=O) groups excluding carboxylic acids is 1. The quantitative estimate of drug-likeness (QED) is 0.868.